The summed E-state index contributed by atoms with van der Waals surface area (Å²) < 4.78 is 0. The number of rotatable bonds is 4. The van der Waals surface area contributed by atoms with Crippen molar-refractivity contribution in [2.75, 3.05) is 13.6 Å². The molecule has 1 aliphatic heterocycles. The third-order valence-corrected chi connectivity index (χ3v) is 1.94. The lowest BCUT2D eigenvalue weighted by Gasteiger charge is -2.11. The minimum atomic E-state index is -0.380. The van der Waals surface area contributed by atoms with Crippen LogP contribution in [0.15, 0.2) is 23.9 Å². The van der Waals surface area contributed by atoms with Crippen molar-refractivity contribution in [3.63, 3.8) is 0 Å². The van der Waals surface area contributed by atoms with Crippen molar-refractivity contribution in [1.29, 1.82) is 0 Å². The fraction of sp³-hybridized carbons (Fsp3) is 0.556. The molecule has 0 bridgehead atoms. The van der Waals surface area contributed by atoms with E-state index in [0.29, 0.717) is 0 Å². The van der Waals surface area contributed by atoms with Crippen LogP contribution in [-0.2, 0) is 0 Å². The van der Waals surface area contributed by atoms with Gasteiger partial charge in [0.2, 0.25) is 0 Å². The van der Waals surface area contributed by atoms with E-state index in [1.165, 1.54) is 5.57 Å². The third kappa shape index (κ3) is 3.07. The molecule has 3 N–H and O–H groups in total. The number of aliphatic hydroxyl groups is 1. The first-order chi connectivity index (χ1) is 5.83. The minimum absolute atomic E-state index is 0.380. The maximum atomic E-state index is 9.21. The van der Waals surface area contributed by atoms with Gasteiger partial charge in [-0.15, -0.1) is 0 Å². The molecule has 1 heterocycles. The standard InChI is InChI=1S/C9H16N2O/c1-10-9(12)3-2-8-4-6-11-7-5-8/h4-6,9-12H,2-3,7H2,1H3. The van der Waals surface area contributed by atoms with E-state index < -0.39 is 0 Å². The maximum Gasteiger partial charge on any atom is 0.104 e. The van der Waals surface area contributed by atoms with E-state index in [0.717, 1.165) is 19.4 Å². The first-order valence-electron chi connectivity index (χ1n) is 4.27. The second-order valence-corrected chi connectivity index (χ2v) is 2.86. The van der Waals surface area contributed by atoms with Crippen molar-refractivity contribution in [1.82, 2.24) is 10.6 Å². The fourth-order valence-electron chi connectivity index (χ4n) is 1.13. The summed E-state index contributed by atoms with van der Waals surface area (Å²) in [6, 6.07) is 0. The highest BCUT2D eigenvalue weighted by atomic mass is 16.3. The molecular weight excluding hydrogens is 152 g/mol. The molecule has 3 nitrogen and oxygen atoms in total. The second kappa shape index (κ2) is 4.95. The Morgan fingerprint density at radius 1 is 1.75 bits per heavy atom. The first-order valence-corrected chi connectivity index (χ1v) is 4.27. The Morgan fingerprint density at radius 3 is 3.17 bits per heavy atom. The van der Waals surface area contributed by atoms with Crippen LogP contribution in [0.3, 0.4) is 0 Å². The summed E-state index contributed by atoms with van der Waals surface area (Å²) in [5.74, 6) is 0. The van der Waals surface area contributed by atoms with Crippen molar-refractivity contribution >= 4 is 0 Å². The lowest BCUT2D eigenvalue weighted by molar-refractivity contribution is 0.137. The van der Waals surface area contributed by atoms with E-state index in [4.69, 9.17) is 0 Å². The monoisotopic (exact) mass is 168 g/mol. The quantitative estimate of drug-likeness (QED) is 0.531. The van der Waals surface area contributed by atoms with Gasteiger partial charge in [0.1, 0.15) is 6.23 Å². The maximum absolute atomic E-state index is 9.21. The lowest BCUT2D eigenvalue weighted by Crippen LogP contribution is -2.24. The molecule has 0 saturated heterocycles. The Morgan fingerprint density at radius 2 is 2.58 bits per heavy atom. The van der Waals surface area contributed by atoms with Crippen LogP contribution in [0, 0.1) is 0 Å². The van der Waals surface area contributed by atoms with Gasteiger partial charge in [0.25, 0.3) is 0 Å². The smallest absolute Gasteiger partial charge is 0.104 e. The molecule has 0 aromatic rings. The normalized spacial score (nSPS) is 18.3. The average molecular weight is 168 g/mol. The number of allylic oxidation sites excluding steroid dienone is 2. The van der Waals surface area contributed by atoms with Crippen LogP contribution >= 0.6 is 0 Å². The van der Waals surface area contributed by atoms with Crippen LogP contribution in [0.1, 0.15) is 12.8 Å². The van der Waals surface area contributed by atoms with E-state index in [1.807, 2.05) is 12.3 Å². The molecule has 0 aromatic carbocycles. The summed E-state index contributed by atoms with van der Waals surface area (Å²) in [5, 5.41) is 15.1. The van der Waals surface area contributed by atoms with Gasteiger partial charge in [-0.2, -0.15) is 0 Å². The zero-order chi connectivity index (χ0) is 8.81. The highest BCUT2D eigenvalue weighted by Gasteiger charge is 2.02. The third-order valence-electron chi connectivity index (χ3n) is 1.94. The van der Waals surface area contributed by atoms with E-state index in [9.17, 15) is 5.11 Å². The van der Waals surface area contributed by atoms with Crippen LogP contribution < -0.4 is 10.6 Å². The van der Waals surface area contributed by atoms with Crippen molar-refractivity contribution in [3.05, 3.63) is 23.9 Å². The van der Waals surface area contributed by atoms with Gasteiger partial charge in [0.15, 0.2) is 0 Å². The largest absolute Gasteiger partial charge is 0.387 e. The van der Waals surface area contributed by atoms with Crippen molar-refractivity contribution in [3.8, 4) is 0 Å². The molecule has 1 atom stereocenters. The summed E-state index contributed by atoms with van der Waals surface area (Å²) in [6.45, 7) is 0.904. The molecule has 0 spiro atoms. The molecule has 1 unspecified atom stereocenters. The summed E-state index contributed by atoms with van der Waals surface area (Å²) in [6.07, 6.45) is 7.46. The van der Waals surface area contributed by atoms with Gasteiger partial charge < -0.3 is 10.4 Å². The topological polar surface area (TPSA) is 44.3 Å². The fourth-order valence-corrected chi connectivity index (χ4v) is 1.13. The number of dihydropyridines is 1. The lowest BCUT2D eigenvalue weighted by atomic mass is 10.1. The van der Waals surface area contributed by atoms with E-state index >= 15 is 0 Å². The molecule has 0 aliphatic carbocycles. The molecular formula is C9H16N2O. The second-order valence-electron chi connectivity index (χ2n) is 2.86. The Bertz CT molecular complexity index is 187. The predicted octanol–water partition coefficient (Wildman–Crippen LogP) is 0.348. The van der Waals surface area contributed by atoms with Gasteiger partial charge >= 0.3 is 0 Å². The zero-order valence-electron chi connectivity index (χ0n) is 7.38. The summed E-state index contributed by atoms with van der Waals surface area (Å²) in [5.41, 5.74) is 1.29. The molecule has 12 heavy (non-hydrogen) atoms. The van der Waals surface area contributed by atoms with Crippen LogP contribution in [0.4, 0.5) is 0 Å². The Kier molecular flexibility index (Phi) is 3.84. The summed E-state index contributed by atoms with van der Waals surface area (Å²) in [7, 11) is 1.76. The molecule has 0 radical (unpaired) electrons. The van der Waals surface area contributed by atoms with Crippen molar-refractivity contribution in [2.45, 2.75) is 19.1 Å². The van der Waals surface area contributed by atoms with Crippen LogP contribution in [0.25, 0.3) is 0 Å². The highest BCUT2D eigenvalue weighted by molar-refractivity contribution is 5.21. The first kappa shape index (κ1) is 9.29. The molecule has 0 saturated carbocycles. The minimum Gasteiger partial charge on any atom is -0.387 e. The Labute approximate surface area is 73.2 Å². The number of hydrogen-bond donors (Lipinski definition) is 3. The highest BCUT2D eigenvalue weighted by Crippen LogP contribution is 2.09. The van der Waals surface area contributed by atoms with E-state index in [-0.39, 0.29) is 6.23 Å². The molecule has 68 valence electrons. The van der Waals surface area contributed by atoms with Gasteiger partial charge in [-0.25, -0.2) is 0 Å². The van der Waals surface area contributed by atoms with Crippen LogP contribution in [-0.4, -0.2) is 24.9 Å². The molecule has 1 rings (SSSR count). The predicted molar refractivity (Wildman–Crippen MR) is 49.5 cm³/mol. The van der Waals surface area contributed by atoms with E-state index in [1.54, 1.807) is 7.05 Å². The molecule has 0 fully saturated rings. The molecule has 0 aromatic heterocycles. The number of nitrogens with one attached hydrogen (secondary N) is 2. The van der Waals surface area contributed by atoms with Crippen molar-refractivity contribution < 1.29 is 5.11 Å². The Hall–Kier alpha value is -0.800. The Balaban J connectivity index is 2.22. The number of aliphatic hydroxyl groups excluding tert-OH is 1. The van der Waals surface area contributed by atoms with Gasteiger partial charge in [0, 0.05) is 6.54 Å². The molecule has 3 heteroatoms. The summed E-state index contributed by atoms with van der Waals surface area (Å²) >= 11 is 0. The van der Waals surface area contributed by atoms with Gasteiger partial charge in [-0.3, -0.25) is 5.32 Å². The van der Waals surface area contributed by atoms with Gasteiger partial charge in [-0.05, 0) is 37.7 Å². The molecule has 0 amide bonds. The van der Waals surface area contributed by atoms with Crippen LogP contribution in [0.2, 0.25) is 0 Å². The van der Waals surface area contributed by atoms with E-state index in [2.05, 4.69) is 16.7 Å². The summed E-state index contributed by atoms with van der Waals surface area (Å²) in [4.78, 5) is 0. The van der Waals surface area contributed by atoms with Crippen LogP contribution in [0.5, 0.6) is 0 Å². The molecule has 1 aliphatic rings. The van der Waals surface area contributed by atoms with Crippen molar-refractivity contribution in [2.24, 2.45) is 0 Å². The SMILES string of the molecule is CNC(O)CCC1=CCNC=C1. The zero-order valence-corrected chi connectivity index (χ0v) is 7.38. The van der Waals surface area contributed by atoms with Gasteiger partial charge in [-0.1, -0.05) is 6.08 Å². The van der Waals surface area contributed by atoms with Gasteiger partial charge in [0.05, 0.1) is 0 Å². The average Bonchev–Trinajstić information content (AvgIpc) is 2.16. The number of hydrogen-bond acceptors (Lipinski definition) is 3.